The highest BCUT2D eigenvalue weighted by molar-refractivity contribution is 7.99. The maximum absolute atomic E-state index is 12.8. The van der Waals surface area contributed by atoms with Gasteiger partial charge in [-0.05, 0) is 31.9 Å². The predicted molar refractivity (Wildman–Crippen MR) is 113 cm³/mol. The fraction of sp³-hybridized carbons (Fsp3) is 0.364. The second-order valence-electron chi connectivity index (χ2n) is 7.45. The van der Waals surface area contributed by atoms with Crippen molar-refractivity contribution in [1.82, 2.24) is 19.7 Å². The quantitative estimate of drug-likeness (QED) is 0.406. The van der Waals surface area contributed by atoms with E-state index in [0.717, 1.165) is 36.5 Å². The summed E-state index contributed by atoms with van der Waals surface area (Å²) in [4.78, 5) is 26.2. The van der Waals surface area contributed by atoms with Crippen LogP contribution in [0.3, 0.4) is 0 Å². The summed E-state index contributed by atoms with van der Waals surface area (Å²) in [5, 5.41) is 8.35. The second-order valence-corrected chi connectivity index (χ2v) is 8.38. The third-order valence-corrected chi connectivity index (χ3v) is 6.15. The summed E-state index contributed by atoms with van der Waals surface area (Å²) in [6.07, 6.45) is 1.44. The van der Waals surface area contributed by atoms with E-state index in [1.807, 2.05) is 38.1 Å². The van der Waals surface area contributed by atoms with E-state index >= 15 is 0 Å². The number of hydrogen-bond acceptors (Lipinski definition) is 6. The van der Waals surface area contributed by atoms with E-state index in [1.54, 1.807) is 4.90 Å². The number of Topliss-reactive ketones (excluding diaryl/α,β-unsaturated/α-hetero) is 1. The van der Waals surface area contributed by atoms with Crippen LogP contribution in [0, 0.1) is 13.8 Å². The maximum atomic E-state index is 12.8. The normalized spacial score (nSPS) is 13.9. The van der Waals surface area contributed by atoms with E-state index < -0.39 is 0 Å². The van der Waals surface area contributed by atoms with Crippen LogP contribution in [0.4, 0.5) is 0 Å². The summed E-state index contributed by atoms with van der Waals surface area (Å²) in [5.41, 5.74) is 3.93. The van der Waals surface area contributed by atoms with E-state index in [4.69, 9.17) is 4.42 Å². The summed E-state index contributed by atoms with van der Waals surface area (Å²) < 4.78 is 7.77. The number of hydrogen-bond donors (Lipinski definition) is 0. The zero-order valence-corrected chi connectivity index (χ0v) is 17.9. The van der Waals surface area contributed by atoms with Crippen LogP contribution in [0.2, 0.25) is 0 Å². The average molecular weight is 425 g/mol. The highest BCUT2D eigenvalue weighted by Gasteiger charge is 2.23. The molecule has 1 amide bonds. The minimum atomic E-state index is 0.0295. The van der Waals surface area contributed by atoms with Gasteiger partial charge in [-0.2, -0.15) is 0 Å². The molecule has 0 bridgehead atoms. The largest absolute Gasteiger partial charge is 0.414 e. The fourth-order valence-corrected chi connectivity index (χ4v) is 4.36. The summed E-state index contributed by atoms with van der Waals surface area (Å²) in [6.45, 7) is 5.79. The molecule has 0 radical (unpaired) electrons. The Hall–Kier alpha value is -2.87. The number of carbonyl (C=O) groups excluding carboxylic acids is 2. The minimum Gasteiger partial charge on any atom is -0.414 e. The molecule has 1 aliphatic heterocycles. The summed E-state index contributed by atoms with van der Waals surface area (Å²) in [7, 11) is 0. The Bertz CT molecular complexity index is 1060. The molecule has 1 aliphatic rings. The van der Waals surface area contributed by atoms with E-state index in [-0.39, 0.29) is 17.4 Å². The smallest absolute Gasteiger partial charge is 0.277 e. The molecule has 30 heavy (non-hydrogen) atoms. The molecule has 7 nitrogen and oxygen atoms in total. The highest BCUT2D eigenvalue weighted by Crippen LogP contribution is 2.23. The molecule has 0 spiro atoms. The maximum Gasteiger partial charge on any atom is 0.277 e. The molecule has 1 aromatic carbocycles. The SMILES string of the molecule is Cc1cc(C(=O)CSc2nnc(CN3CCCC3=O)o2)c(C)n1Cc1ccccc1. The van der Waals surface area contributed by atoms with Gasteiger partial charge in [-0.3, -0.25) is 9.59 Å². The van der Waals surface area contributed by atoms with Gasteiger partial charge < -0.3 is 13.9 Å². The molecule has 1 fully saturated rings. The fourth-order valence-electron chi connectivity index (χ4n) is 3.69. The Morgan fingerprint density at radius 2 is 1.97 bits per heavy atom. The van der Waals surface area contributed by atoms with Gasteiger partial charge in [0, 0.05) is 36.5 Å². The van der Waals surface area contributed by atoms with Crippen molar-refractivity contribution >= 4 is 23.5 Å². The van der Waals surface area contributed by atoms with Crippen molar-refractivity contribution in [3.05, 3.63) is 64.8 Å². The summed E-state index contributed by atoms with van der Waals surface area (Å²) in [6, 6.07) is 12.1. The van der Waals surface area contributed by atoms with Crippen LogP contribution in [-0.4, -0.2) is 43.7 Å². The lowest BCUT2D eigenvalue weighted by Gasteiger charge is -2.11. The lowest BCUT2D eigenvalue weighted by Crippen LogP contribution is -2.23. The molecule has 0 N–H and O–H groups in total. The van der Waals surface area contributed by atoms with Crippen LogP contribution in [0.25, 0.3) is 0 Å². The number of ketones is 1. The number of benzene rings is 1. The van der Waals surface area contributed by atoms with Crippen molar-refractivity contribution in [3.8, 4) is 0 Å². The molecule has 4 rings (SSSR count). The van der Waals surface area contributed by atoms with Gasteiger partial charge in [0.2, 0.25) is 11.8 Å². The number of thioether (sulfide) groups is 1. The first-order valence-corrected chi connectivity index (χ1v) is 11.0. The van der Waals surface area contributed by atoms with Crippen molar-refractivity contribution in [2.75, 3.05) is 12.3 Å². The van der Waals surface area contributed by atoms with Gasteiger partial charge in [0.15, 0.2) is 5.78 Å². The summed E-state index contributed by atoms with van der Waals surface area (Å²) in [5.74, 6) is 0.770. The molecule has 0 aliphatic carbocycles. The first kappa shape index (κ1) is 20.4. The van der Waals surface area contributed by atoms with Crippen LogP contribution < -0.4 is 0 Å². The molecule has 3 aromatic rings. The van der Waals surface area contributed by atoms with Crippen LogP contribution >= 0.6 is 11.8 Å². The predicted octanol–water partition coefficient (Wildman–Crippen LogP) is 3.63. The van der Waals surface area contributed by atoms with Gasteiger partial charge in [-0.1, -0.05) is 42.1 Å². The van der Waals surface area contributed by atoms with Crippen LogP contribution in [0.1, 0.15) is 46.0 Å². The molecule has 0 atom stereocenters. The van der Waals surface area contributed by atoms with E-state index in [2.05, 4.69) is 26.9 Å². The number of aryl methyl sites for hydroxylation is 1. The molecular weight excluding hydrogens is 400 g/mol. The number of amides is 1. The van der Waals surface area contributed by atoms with E-state index in [1.165, 1.54) is 17.3 Å². The van der Waals surface area contributed by atoms with Crippen molar-refractivity contribution in [3.63, 3.8) is 0 Å². The van der Waals surface area contributed by atoms with Crippen molar-refractivity contribution in [1.29, 1.82) is 0 Å². The Morgan fingerprint density at radius 1 is 1.17 bits per heavy atom. The molecule has 3 heterocycles. The van der Waals surface area contributed by atoms with Gasteiger partial charge in [0.05, 0.1) is 12.3 Å². The number of carbonyl (C=O) groups is 2. The van der Waals surface area contributed by atoms with E-state index in [0.29, 0.717) is 24.1 Å². The van der Waals surface area contributed by atoms with E-state index in [9.17, 15) is 9.59 Å². The van der Waals surface area contributed by atoms with Gasteiger partial charge in [0.1, 0.15) is 0 Å². The summed E-state index contributed by atoms with van der Waals surface area (Å²) >= 11 is 1.23. The Kier molecular flexibility index (Phi) is 6.03. The van der Waals surface area contributed by atoms with Crippen molar-refractivity contribution in [2.45, 2.75) is 45.0 Å². The Labute approximate surface area is 179 Å². The molecule has 2 aromatic heterocycles. The first-order valence-electron chi connectivity index (χ1n) is 9.98. The average Bonchev–Trinajstić information content (AvgIpc) is 3.44. The number of likely N-dealkylation sites (tertiary alicyclic amines) is 1. The molecule has 0 unspecified atom stereocenters. The Morgan fingerprint density at radius 3 is 2.70 bits per heavy atom. The lowest BCUT2D eigenvalue weighted by molar-refractivity contribution is -0.128. The molecule has 8 heteroatoms. The monoisotopic (exact) mass is 424 g/mol. The second kappa shape index (κ2) is 8.87. The third kappa shape index (κ3) is 4.48. The molecule has 0 saturated carbocycles. The zero-order valence-electron chi connectivity index (χ0n) is 17.1. The van der Waals surface area contributed by atoms with Crippen molar-refractivity contribution in [2.24, 2.45) is 0 Å². The van der Waals surface area contributed by atoms with Crippen LogP contribution in [0.5, 0.6) is 0 Å². The zero-order chi connectivity index (χ0) is 21.1. The van der Waals surface area contributed by atoms with Gasteiger partial charge in [-0.15, -0.1) is 10.2 Å². The van der Waals surface area contributed by atoms with Crippen LogP contribution in [-0.2, 0) is 17.9 Å². The van der Waals surface area contributed by atoms with Crippen molar-refractivity contribution < 1.29 is 14.0 Å². The molecule has 156 valence electrons. The van der Waals surface area contributed by atoms with Gasteiger partial charge in [0.25, 0.3) is 5.22 Å². The number of rotatable bonds is 8. The lowest BCUT2D eigenvalue weighted by atomic mass is 10.2. The molecule has 1 saturated heterocycles. The molecular formula is C22H24N4O3S. The number of nitrogens with zero attached hydrogens (tertiary/aromatic N) is 4. The van der Waals surface area contributed by atoms with Gasteiger partial charge >= 0.3 is 0 Å². The van der Waals surface area contributed by atoms with Gasteiger partial charge in [-0.25, -0.2) is 0 Å². The standard InChI is InChI=1S/C22H24N4O3S/c1-15-11-18(16(2)26(15)12-17-7-4-3-5-8-17)19(27)14-30-22-24-23-20(29-22)13-25-10-6-9-21(25)28/h3-5,7-8,11H,6,9-10,12-14H2,1-2H3. The van der Waals surface area contributed by atoms with Crippen LogP contribution in [0.15, 0.2) is 46.0 Å². The first-order chi connectivity index (χ1) is 14.5. The third-order valence-electron chi connectivity index (χ3n) is 5.33. The highest BCUT2D eigenvalue weighted by atomic mass is 32.2. The topological polar surface area (TPSA) is 81.2 Å². The number of aromatic nitrogens is 3. The minimum absolute atomic E-state index is 0.0295. The Balaban J connectivity index is 1.37.